The van der Waals surface area contributed by atoms with Crippen LogP contribution in [0.4, 0.5) is 0 Å². The third kappa shape index (κ3) is 4.98. The van der Waals surface area contributed by atoms with Crippen LogP contribution in [0, 0.1) is 0 Å². The van der Waals surface area contributed by atoms with Crippen LogP contribution in [0.5, 0.6) is 0 Å². The number of nitrogens with zero attached hydrogens (tertiary/aromatic N) is 2. The van der Waals surface area contributed by atoms with Gasteiger partial charge in [0.2, 0.25) is 0 Å². The predicted molar refractivity (Wildman–Crippen MR) is 126 cm³/mol. The van der Waals surface area contributed by atoms with Crippen LogP contribution in [0.15, 0.2) is 33.7 Å². The van der Waals surface area contributed by atoms with Gasteiger partial charge in [0.25, 0.3) is 0 Å². The molecule has 1 heterocycles. The molecule has 8 heteroatoms. The van der Waals surface area contributed by atoms with Crippen LogP contribution in [0.3, 0.4) is 0 Å². The largest absolute Gasteiger partial charge is 0.357 e. The lowest BCUT2D eigenvalue weighted by molar-refractivity contribution is 0.353. The maximum absolute atomic E-state index is 12.3. The van der Waals surface area contributed by atoms with Crippen molar-refractivity contribution >= 4 is 55.7 Å². The highest BCUT2D eigenvalue weighted by atomic mass is 127. The van der Waals surface area contributed by atoms with Crippen LogP contribution in [0.1, 0.15) is 39.2 Å². The van der Waals surface area contributed by atoms with E-state index in [-0.39, 0.29) is 35.1 Å². The molecule has 2 fully saturated rings. The third-order valence-corrected chi connectivity index (χ3v) is 8.53. The monoisotopic (exact) mass is 569 g/mol. The maximum atomic E-state index is 12.3. The number of hydrogen-bond donors (Lipinski definition) is 1. The average molecular weight is 570 g/mol. The van der Waals surface area contributed by atoms with Crippen molar-refractivity contribution in [3.8, 4) is 0 Å². The molecule has 0 unspecified atom stereocenters. The molecule has 1 aliphatic heterocycles. The zero-order valence-electron chi connectivity index (χ0n) is 16.2. The molecule has 1 aromatic carbocycles. The van der Waals surface area contributed by atoms with Gasteiger partial charge in [-0.1, -0.05) is 28.1 Å². The van der Waals surface area contributed by atoms with Crippen LogP contribution in [-0.4, -0.2) is 56.0 Å². The van der Waals surface area contributed by atoms with E-state index in [1.807, 2.05) is 26.8 Å². The highest BCUT2D eigenvalue weighted by Gasteiger charge is 2.45. The van der Waals surface area contributed by atoms with E-state index in [1.165, 1.54) is 5.56 Å². The summed E-state index contributed by atoms with van der Waals surface area (Å²) >= 11 is 3.56. The van der Waals surface area contributed by atoms with E-state index in [9.17, 15) is 8.42 Å². The average Bonchev–Trinajstić information content (AvgIpc) is 3.35. The molecule has 1 aromatic rings. The van der Waals surface area contributed by atoms with Crippen molar-refractivity contribution in [3.63, 3.8) is 0 Å². The first-order chi connectivity index (χ1) is 12.2. The minimum Gasteiger partial charge on any atom is -0.357 e. The fourth-order valence-corrected chi connectivity index (χ4v) is 5.25. The summed E-state index contributed by atoms with van der Waals surface area (Å²) < 4.78 is 24.9. The third-order valence-electron chi connectivity index (χ3n) is 5.50. The Kier molecular flexibility index (Phi) is 7.28. The molecule has 152 valence electrons. The second-order valence-corrected chi connectivity index (χ2v) is 11.6. The lowest BCUT2D eigenvalue weighted by Gasteiger charge is -2.39. The highest BCUT2D eigenvalue weighted by molar-refractivity contribution is 14.0. The highest BCUT2D eigenvalue weighted by Crippen LogP contribution is 2.48. The molecule has 2 aliphatic rings. The molecular formula is C19H29BrIN3O2S. The van der Waals surface area contributed by atoms with Gasteiger partial charge in [-0.2, -0.15) is 0 Å². The normalized spacial score (nSPS) is 22.7. The van der Waals surface area contributed by atoms with Gasteiger partial charge in [-0.3, -0.25) is 4.99 Å². The minimum atomic E-state index is -3.05. The Morgan fingerprint density at radius 1 is 1.33 bits per heavy atom. The van der Waals surface area contributed by atoms with Crippen LogP contribution in [-0.2, 0) is 15.3 Å². The summed E-state index contributed by atoms with van der Waals surface area (Å²) in [5, 5.41) is 3.35. The Bertz CT molecular complexity index is 807. The fraction of sp³-hybridized carbons (Fsp3) is 0.632. The number of rotatable bonds is 4. The number of benzene rings is 1. The molecule has 1 N–H and O–H groups in total. The number of aliphatic imine (C=N–C) groups is 1. The molecule has 1 aliphatic carbocycles. The summed E-state index contributed by atoms with van der Waals surface area (Å²) in [6.07, 6.45) is 2.29. The summed E-state index contributed by atoms with van der Waals surface area (Å²) in [6, 6.07) is 8.48. The van der Waals surface area contributed by atoms with Gasteiger partial charge in [0.1, 0.15) is 0 Å². The summed E-state index contributed by atoms with van der Waals surface area (Å²) in [6.45, 7) is 8.14. The van der Waals surface area contributed by atoms with Crippen LogP contribution >= 0.6 is 39.9 Å². The molecule has 0 radical (unpaired) electrons. The van der Waals surface area contributed by atoms with Crippen molar-refractivity contribution < 1.29 is 8.42 Å². The Balaban J connectivity index is 0.00000261. The summed E-state index contributed by atoms with van der Waals surface area (Å²) in [5.41, 5.74) is 1.45. The Labute approximate surface area is 188 Å². The van der Waals surface area contributed by atoms with Gasteiger partial charge in [-0.15, -0.1) is 24.0 Å². The van der Waals surface area contributed by atoms with E-state index in [4.69, 9.17) is 4.99 Å². The van der Waals surface area contributed by atoms with E-state index in [2.05, 4.69) is 44.3 Å². The number of guanidine groups is 1. The van der Waals surface area contributed by atoms with Crippen LogP contribution < -0.4 is 5.32 Å². The van der Waals surface area contributed by atoms with Gasteiger partial charge in [-0.05, 0) is 51.3 Å². The molecule has 5 nitrogen and oxygen atoms in total. The van der Waals surface area contributed by atoms with Gasteiger partial charge < -0.3 is 10.2 Å². The molecular weight excluding hydrogens is 541 g/mol. The molecule has 0 bridgehead atoms. The summed E-state index contributed by atoms with van der Waals surface area (Å²) in [7, 11) is -3.05. The van der Waals surface area contributed by atoms with Gasteiger partial charge in [0.15, 0.2) is 15.8 Å². The van der Waals surface area contributed by atoms with Gasteiger partial charge in [0.05, 0.1) is 17.0 Å². The standard InChI is InChI=1S/C19H28BrN3O2S.HI/c1-4-21-17(23-10-11-26(24,25)18(2,3)14-23)22-13-19(8-9-19)15-6-5-7-16(20)12-15;/h5-7,12H,4,8-11,13-14H2,1-3H3,(H,21,22);1H. The Hall–Kier alpha value is -0.350. The first-order valence-corrected chi connectivity index (χ1v) is 11.7. The fourth-order valence-electron chi connectivity index (χ4n) is 3.48. The maximum Gasteiger partial charge on any atom is 0.194 e. The Morgan fingerprint density at radius 2 is 2.04 bits per heavy atom. The number of sulfone groups is 1. The van der Waals surface area contributed by atoms with Gasteiger partial charge in [0, 0.05) is 29.5 Å². The molecule has 0 aromatic heterocycles. The molecule has 1 saturated heterocycles. The lowest BCUT2D eigenvalue weighted by atomic mass is 9.96. The summed E-state index contributed by atoms with van der Waals surface area (Å²) in [5.74, 6) is 1.01. The van der Waals surface area contributed by atoms with Crippen molar-refractivity contribution in [1.29, 1.82) is 0 Å². The quantitative estimate of drug-likeness (QED) is 0.342. The van der Waals surface area contributed by atoms with E-state index in [0.717, 1.165) is 36.4 Å². The molecule has 1 saturated carbocycles. The first kappa shape index (κ1) is 22.9. The number of nitrogens with one attached hydrogen (secondary N) is 1. The van der Waals surface area contributed by atoms with E-state index in [0.29, 0.717) is 13.1 Å². The number of hydrogen-bond acceptors (Lipinski definition) is 3. The van der Waals surface area contributed by atoms with E-state index in [1.54, 1.807) is 0 Å². The molecule has 27 heavy (non-hydrogen) atoms. The molecule has 0 atom stereocenters. The molecule has 0 amide bonds. The van der Waals surface area contributed by atoms with E-state index < -0.39 is 14.6 Å². The van der Waals surface area contributed by atoms with Crippen molar-refractivity contribution in [2.75, 3.05) is 31.9 Å². The zero-order valence-corrected chi connectivity index (χ0v) is 20.9. The van der Waals surface area contributed by atoms with Crippen LogP contribution in [0.25, 0.3) is 0 Å². The van der Waals surface area contributed by atoms with Gasteiger partial charge >= 0.3 is 0 Å². The van der Waals surface area contributed by atoms with Crippen molar-refractivity contribution in [2.45, 2.75) is 43.8 Å². The minimum absolute atomic E-state index is 0. The second kappa shape index (κ2) is 8.57. The SMILES string of the molecule is CCNC(=NCC1(c2cccc(Br)c2)CC1)N1CCS(=O)(=O)C(C)(C)C1.I. The smallest absolute Gasteiger partial charge is 0.194 e. The topological polar surface area (TPSA) is 61.8 Å². The van der Waals surface area contributed by atoms with Crippen LogP contribution in [0.2, 0.25) is 0 Å². The summed E-state index contributed by atoms with van der Waals surface area (Å²) in [4.78, 5) is 7.01. The molecule has 3 rings (SSSR count). The van der Waals surface area contributed by atoms with Crippen molar-refractivity contribution in [1.82, 2.24) is 10.2 Å². The molecule has 0 spiro atoms. The zero-order chi connectivity index (χ0) is 19.0. The second-order valence-electron chi connectivity index (χ2n) is 7.96. The Morgan fingerprint density at radius 3 is 2.59 bits per heavy atom. The van der Waals surface area contributed by atoms with Gasteiger partial charge in [-0.25, -0.2) is 8.42 Å². The van der Waals surface area contributed by atoms with Crippen molar-refractivity contribution in [3.05, 3.63) is 34.3 Å². The first-order valence-electron chi connectivity index (χ1n) is 9.21. The predicted octanol–water partition coefficient (Wildman–Crippen LogP) is 3.57. The lowest BCUT2D eigenvalue weighted by Crippen LogP contribution is -2.57. The van der Waals surface area contributed by atoms with Crippen molar-refractivity contribution in [2.24, 2.45) is 4.99 Å². The number of halogens is 2. The van der Waals surface area contributed by atoms with E-state index >= 15 is 0 Å².